The van der Waals surface area contributed by atoms with Gasteiger partial charge in [0.1, 0.15) is 21.0 Å². The minimum absolute atomic E-state index is 0.249. The molecule has 2 heterocycles. The maximum absolute atomic E-state index is 12.6. The van der Waals surface area contributed by atoms with Crippen molar-refractivity contribution in [3.63, 3.8) is 0 Å². The van der Waals surface area contributed by atoms with Crippen LogP contribution in [0.25, 0.3) is 10.2 Å². The lowest BCUT2D eigenvalue weighted by Gasteiger charge is -2.07. The normalized spacial score (nSPS) is 10.9. The van der Waals surface area contributed by atoms with Crippen LogP contribution in [0.1, 0.15) is 36.9 Å². The molecule has 0 aliphatic heterocycles. The Kier molecular flexibility index (Phi) is 4.29. The number of carbonyl (C=O) groups is 2. The van der Waals surface area contributed by atoms with Gasteiger partial charge >= 0.3 is 5.97 Å². The number of aromatic nitrogens is 1. The monoisotopic (exact) mass is 371 g/mol. The fourth-order valence-electron chi connectivity index (χ4n) is 2.71. The zero-order valence-corrected chi connectivity index (χ0v) is 15.2. The van der Waals surface area contributed by atoms with Crippen LogP contribution in [0.2, 0.25) is 0 Å². The maximum atomic E-state index is 12.6. The predicted molar refractivity (Wildman–Crippen MR) is 101 cm³/mol. The molecular weight excluding hydrogens is 354 g/mol. The Balaban J connectivity index is 2.01. The molecule has 7 nitrogen and oxygen atoms in total. The van der Waals surface area contributed by atoms with Crippen molar-refractivity contribution in [2.75, 3.05) is 11.1 Å². The number of benzene rings is 1. The number of anilines is 2. The standard InChI is InChI=1S/C18H17N3O4S/c1-7-8(2)13-14(19)15(26-17(13)20-9(7)3)16(23)21-10-4-5-12(22)11(6-10)18(24)25/h4-6,22H,19H2,1-3H3,(H,21,23)(H,24,25). The molecule has 3 aromatic rings. The molecule has 0 saturated heterocycles. The Labute approximate surface area is 153 Å². The fraction of sp³-hybridized carbons (Fsp3) is 0.167. The minimum Gasteiger partial charge on any atom is -0.507 e. The first-order valence-electron chi connectivity index (χ1n) is 7.74. The Morgan fingerprint density at radius 2 is 1.88 bits per heavy atom. The van der Waals surface area contributed by atoms with Crippen molar-refractivity contribution < 1.29 is 19.8 Å². The molecule has 3 rings (SSSR count). The van der Waals surface area contributed by atoms with E-state index in [0.29, 0.717) is 15.4 Å². The molecule has 0 spiro atoms. The summed E-state index contributed by atoms with van der Waals surface area (Å²) in [5.74, 6) is -2.12. The van der Waals surface area contributed by atoms with Gasteiger partial charge < -0.3 is 21.3 Å². The number of carboxylic acids is 1. The minimum atomic E-state index is -1.29. The van der Waals surface area contributed by atoms with E-state index >= 15 is 0 Å². The van der Waals surface area contributed by atoms with Crippen molar-refractivity contribution in [2.45, 2.75) is 20.8 Å². The zero-order valence-electron chi connectivity index (χ0n) is 14.4. The van der Waals surface area contributed by atoms with E-state index in [0.717, 1.165) is 22.2 Å². The van der Waals surface area contributed by atoms with Crippen LogP contribution in [0.5, 0.6) is 5.75 Å². The number of nitrogens with one attached hydrogen (secondary N) is 1. The summed E-state index contributed by atoms with van der Waals surface area (Å²) >= 11 is 1.19. The van der Waals surface area contributed by atoms with Crippen LogP contribution in [-0.2, 0) is 0 Å². The second-order valence-electron chi connectivity index (χ2n) is 5.96. The number of thiophene rings is 1. The number of hydrogen-bond donors (Lipinski definition) is 4. The Bertz CT molecular complexity index is 1070. The Morgan fingerprint density at radius 3 is 2.54 bits per heavy atom. The first-order chi connectivity index (χ1) is 12.2. The van der Waals surface area contributed by atoms with Gasteiger partial charge in [-0.15, -0.1) is 11.3 Å². The number of aromatic carboxylic acids is 1. The van der Waals surface area contributed by atoms with Crippen LogP contribution in [0.4, 0.5) is 11.4 Å². The van der Waals surface area contributed by atoms with Gasteiger partial charge in [-0.1, -0.05) is 0 Å². The first-order valence-corrected chi connectivity index (χ1v) is 8.55. The van der Waals surface area contributed by atoms with E-state index in [1.54, 1.807) is 0 Å². The van der Waals surface area contributed by atoms with Crippen LogP contribution in [0.3, 0.4) is 0 Å². The first kappa shape index (κ1) is 17.7. The molecule has 5 N–H and O–H groups in total. The number of rotatable bonds is 3. The average Bonchev–Trinajstić information content (AvgIpc) is 2.90. The number of amides is 1. The summed E-state index contributed by atoms with van der Waals surface area (Å²) < 4.78 is 0. The van der Waals surface area contributed by atoms with E-state index in [-0.39, 0.29) is 17.0 Å². The zero-order chi connectivity index (χ0) is 19.2. The van der Waals surface area contributed by atoms with Crippen molar-refractivity contribution >= 4 is 44.8 Å². The van der Waals surface area contributed by atoms with Crippen molar-refractivity contribution in [1.29, 1.82) is 0 Å². The van der Waals surface area contributed by atoms with E-state index < -0.39 is 11.9 Å². The largest absolute Gasteiger partial charge is 0.507 e. The van der Waals surface area contributed by atoms with E-state index in [1.807, 2.05) is 20.8 Å². The lowest BCUT2D eigenvalue weighted by atomic mass is 10.1. The molecule has 0 aliphatic rings. The number of aromatic hydroxyl groups is 1. The molecule has 1 aromatic carbocycles. The number of nitrogens with zero attached hydrogens (tertiary/aromatic N) is 1. The number of fused-ring (bicyclic) bond motifs is 1. The quantitative estimate of drug-likeness (QED) is 0.522. The van der Waals surface area contributed by atoms with Crippen molar-refractivity contribution in [2.24, 2.45) is 0 Å². The molecule has 0 aliphatic carbocycles. The topological polar surface area (TPSA) is 126 Å². The highest BCUT2D eigenvalue weighted by Crippen LogP contribution is 2.37. The molecule has 26 heavy (non-hydrogen) atoms. The lowest BCUT2D eigenvalue weighted by molar-refractivity contribution is 0.0693. The van der Waals surface area contributed by atoms with E-state index in [1.165, 1.54) is 29.5 Å². The highest BCUT2D eigenvalue weighted by Gasteiger charge is 2.21. The van der Waals surface area contributed by atoms with E-state index in [4.69, 9.17) is 10.8 Å². The smallest absolute Gasteiger partial charge is 0.339 e. The van der Waals surface area contributed by atoms with Crippen LogP contribution in [0, 0.1) is 20.8 Å². The third kappa shape index (κ3) is 2.84. The number of phenols is 1. The highest BCUT2D eigenvalue weighted by atomic mass is 32.1. The summed E-state index contributed by atoms with van der Waals surface area (Å²) in [6.07, 6.45) is 0. The van der Waals surface area contributed by atoms with Gasteiger partial charge in [0.05, 0.1) is 5.69 Å². The summed E-state index contributed by atoms with van der Waals surface area (Å²) in [4.78, 5) is 29.2. The molecule has 0 fully saturated rings. The Hall–Kier alpha value is -3.13. The third-order valence-corrected chi connectivity index (χ3v) is 5.47. The summed E-state index contributed by atoms with van der Waals surface area (Å²) in [5.41, 5.74) is 9.39. The van der Waals surface area contributed by atoms with E-state index in [2.05, 4.69) is 10.3 Å². The predicted octanol–water partition coefficient (Wildman–Crippen LogP) is 3.46. The average molecular weight is 371 g/mol. The van der Waals surface area contributed by atoms with Gasteiger partial charge in [0, 0.05) is 16.8 Å². The molecule has 0 saturated carbocycles. The number of carboxylic acid groups (broad SMARTS) is 1. The van der Waals surface area contributed by atoms with Crippen LogP contribution in [-0.4, -0.2) is 27.1 Å². The summed E-state index contributed by atoms with van der Waals surface area (Å²) in [6.45, 7) is 5.80. The second-order valence-corrected chi connectivity index (χ2v) is 6.96. The van der Waals surface area contributed by atoms with Gasteiger partial charge in [-0.05, 0) is 50.1 Å². The van der Waals surface area contributed by atoms with Gasteiger partial charge in [-0.3, -0.25) is 4.79 Å². The third-order valence-electron chi connectivity index (χ3n) is 4.37. The number of nitrogen functional groups attached to an aromatic ring is 1. The van der Waals surface area contributed by atoms with Crippen LogP contribution < -0.4 is 11.1 Å². The molecule has 2 aromatic heterocycles. The summed E-state index contributed by atoms with van der Waals surface area (Å²) in [5, 5.41) is 22.0. The highest BCUT2D eigenvalue weighted by molar-refractivity contribution is 7.21. The summed E-state index contributed by atoms with van der Waals surface area (Å²) in [7, 11) is 0. The molecule has 134 valence electrons. The second kappa shape index (κ2) is 6.30. The van der Waals surface area contributed by atoms with Crippen molar-refractivity contribution in [3.8, 4) is 5.75 Å². The van der Waals surface area contributed by atoms with Crippen molar-refractivity contribution in [3.05, 3.63) is 45.5 Å². The molecule has 0 atom stereocenters. The lowest BCUT2D eigenvalue weighted by Crippen LogP contribution is -2.12. The molecule has 0 radical (unpaired) electrons. The molecule has 8 heteroatoms. The van der Waals surface area contributed by atoms with Crippen LogP contribution >= 0.6 is 11.3 Å². The summed E-state index contributed by atoms with van der Waals surface area (Å²) in [6, 6.07) is 3.82. The van der Waals surface area contributed by atoms with Crippen molar-refractivity contribution in [1.82, 2.24) is 4.98 Å². The molecule has 0 bridgehead atoms. The van der Waals surface area contributed by atoms with Gasteiger partial charge in [0.2, 0.25) is 0 Å². The number of nitrogens with two attached hydrogens (primary N) is 1. The van der Waals surface area contributed by atoms with E-state index in [9.17, 15) is 14.7 Å². The van der Waals surface area contributed by atoms with Gasteiger partial charge in [-0.25, -0.2) is 9.78 Å². The maximum Gasteiger partial charge on any atom is 0.339 e. The Morgan fingerprint density at radius 1 is 1.19 bits per heavy atom. The molecular formula is C18H17N3O4S. The number of aryl methyl sites for hydroxylation is 2. The molecule has 1 amide bonds. The van der Waals surface area contributed by atoms with Crippen LogP contribution in [0.15, 0.2) is 18.2 Å². The number of carbonyl (C=O) groups excluding carboxylic acids is 1. The van der Waals surface area contributed by atoms with Gasteiger partial charge in [0.25, 0.3) is 5.91 Å². The SMILES string of the molecule is Cc1nc2sc(C(=O)Nc3ccc(O)c(C(=O)O)c3)c(N)c2c(C)c1C. The van der Waals surface area contributed by atoms with Gasteiger partial charge in [0.15, 0.2) is 0 Å². The number of pyridine rings is 1. The fourth-order valence-corrected chi connectivity index (χ4v) is 3.81. The number of hydrogen-bond acceptors (Lipinski definition) is 6. The molecule has 0 unspecified atom stereocenters. The van der Waals surface area contributed by atoms with Gasteiger partial charge in [-0.2, -0.15) is 0 Å².